The molecule has 1 aliphatic heterocycles. The van der Waals surface area contributed by atoms with Crippen molar-refractivity contribution in [3.63, 3.8) is 0 Å². The summed E-state index contributed by atoms with van der Waals surface area (Å²) in [7, 11) is 0. The van der Waals surface area contributed by atoms with Crippen molar-refractivity contribution in [2.75, 3.05) is 32.7 Å². The lowest BCUT2D eigenvalue weighted by atomic mass is 10.2. The van der Waals surface area contributed by atoms with Crippen LogP contribution in [0.5, 0.6) is 0 Å². The number of carboxylic acids is 1. The van der Waals surface area contributed by atoms with Gasteiger partial charge in [-0.25, -0.2) is 4.79 Å². The summed E-state index contributed by atoms with van der Waals surface area (Å²) >= 11 is 0. The SMILES string of the molecule is CC(CNC(=O)N1CCN(C2CC2)CC1)C(=O)O. The standard InChI is InChI=1S/C12H21N3O3/c1-9(11(16)17)8-13-12(18)15-6-4-14(5-7-15)10-2-3-10/h9-10H,2-8H2,1H3,(H,13,18)(H,16,17). The average molecular weight is 255 g/mol. The van der Waals surface area contributed by atoms with Crippen molar-refractivity contribution >= 4 is 12.0 Å². The Morgan fingerprint density at radius 3 is 2.39 bits per heavy atom. The highest BCUT2D eigenvalue weighted by molar-refractivity contribution is 5.76. The normalized spacial score (nSPS) is 22.6. The number of urea groups is 1. The van der Waals surface area contributed by atoms with Crippen LogP contribution in [0, 0.1) is 5.92 Å². The predicted octanol–water partition coefficient (Wildman–Crippen LogP) is 0.197. The molecule has 102 valence electrons. The van der Waals surface area contributed by atoms with E-state index < -0.39 is 11.9 Å². The van der Waals surface area contributed by atoms with Gasteiger partial charge in [0.15, 0.2) is 0 Å². The number of piperazine rings is 1. The summed E-state index contributed by atoms with van der Waals surface area (Å²) in [5, 5.41) is 11.4. The molecule has 1 heterocycles. The largest absolute Gasteiger partial charge is 0.481 e. The third kappa shape index (κ3) is 3.35. The number of carbonyl (C=O) groups is 2. The molecule has 2 rings (SSSR count). The van der Waals surface area contributed by atoms with Gasteiger partial charge in [-0.2, -0.15) is 0 Å². The Bertz CT molecular complexity index is 323. The fraction of sp³-hybridized carbons (Fsp3) is 0.833. The van der Waals surface area contributed by atoms with Gasteiger partial charge in [-0.3, -0.25) is 9.69 Å². The molecular weight excluding hydrogens is 234 g/mol. The van der Waals surface area contributed by atoms with Crippen molar-refractivity contribution in [2.45, 2.75) is 25.8 Å². The molecule has 1 aliphatic carbocycles. The first kappa shape index (κ1) is 13.1. The second-order valence-corrected chi connectivity index (χ2v) is 5.18. The molecule has 1 atom stereocenters. The van der Waals surface area contributed by atoms with Crippen LogP contribution in [0.15, 0.2) is 0 Å². The number of hydrogen-bond donors (Lipinski definition) is 2. The first-order chi connectivity index (χ1) is 8.58. The Balaban J connectivity index is 1.68. The maximum absolute atomic E-state index is 11.8. The molecule has 1 saturated heterocycles. The number of nitrogens with one attached hydrogen (secondary N) is 1. The lowest BCUT2D eigenvalue weighted by molar-refractivity contribution is -0.140. The van der Waals surface area contributed by atoms with Gasteiger partial charge in [-0.15, -0.1) is 0 Å². The molecule has 18 heavy (non-hydrogen) atoms. The predicted molar refractivity (Wildman–Crippen MR) is 66.4 cm³/mol. The van der Waals surface area contributed by atoms with Gasteiger partial charge in [0.2, 0.25) is 0 Å². The summed E-state index contributed by atoms with van der Waals surface area (Å²) in [5.41, 5.74) is 0. The second kappa shape index (κ2) is 5.56. The molecule has 1 unspecified atom stereocenters. The van der Waals surface area contributed by atoms with Gasteiger partial charge >= 0.3 is 12.0 Å². The molecule has 0 aromatic heterocycles. The van der Waals surface area contributed by atoms with E-state index in [1.165, 1.54) is 12.8 Å². The van der Waals surface area contributed by atoms with Crippen LogP contribution in [-0.2, 0) is 4.79 Å². The van der Waals surface area contributed by atoms with Crippen LogP contribution in [0.2, 0.25) is 0 Å². The van der Waals surface area contributed by atoms with Gasteiger partial charge in [-0.05, 0) is 12.8 Å². The number of rotatable bonds is 4. The number of aliphatic carboxylic acids is 1. The summed E-state index contributed by atoms with van der Waals surface area (Å²) in [6.07, 6.45) is 2.59. The topological polar surface area (TPSA) is 72.9 Å². The maximum Gasteiger partial charge on any atom is 0.317 e. The molecule has 6 nitrogen and oxygen atoms in total. The van der Waals surface area contributed by atoms with Crippen LogP contribution >= 0.6 is 0 Å². The molecule has 0 aromatic rings. The second-order valence-electron chi connectivity index (χ2n) is 5.18. The molecule has 1 saturated carbocycles. The van der Waals surface area contributed by atoms with Gasteiger partial charge in [0.25, 0.3) is 0 Å². The smallest absolute Gasteiger partial charge is 0.317 e. The molecule has 6 heteroatoms. The number of amides is 2. The van der Waals surface area contributed by atoms with Crippen LogP contribution in [-0.4, -0.2) is 65.7 Å². The molecule has 2 amide bonds. The van der Waals surface area contributed by atoms with E-state index >= 15 is 0 Å². The van der Waals surface area contributed by atoms with Crippen molar-refractivity contribution in [2.24, 2.45) is 5.92 Å². The highest BCUT2D eigenvalue weighted by Gasteiger charge is 2.32. The van der Waals surface area contributed by atoms with E-state index in [1.54, 1.807) is 11.8 Å². The Morgan fingerprint density at radius 1 is 1.28 bits per heavy atom. The van der Waals surface area contributed by atoms with Crippen molar-refractivity contribution in [1.82, 2.24) is 15.1 Å². The Morgan fingerprint density at radius 2 is 1.89 bits per heavy atom. The minimum Gasteiger partial charge on any atom is -0.481 e. The number of hydrogen-bond acceptors (Lipinski definition) is 3. The van der Waals surface area contributed by atoms with Crippen LogP contribution in [0.4, 0.5) is 4.79 Å². The zero-order valence-corrected chi connectivity index (χ0v) is 10.8. The quantitative estimate of drug-likeness (QED) is 0.752. The van der Waals surface area contributed by atoms with Gasteiger partial charge in [0.1, 0.15) is 0 Å². The lowest BCUT2D eigenvalue weighted by Crippen LogP contribution is -2.52. The summed E-state index contributed by atoms with van der Waals surface area (Å²) in [6.45, 7) is 5.14. The van der Waals surface area contributed by atoms with E-state index in [9.17, 15) is 9.59 Å². The molecule has 2 aliphatic rings. The molecular formula is C12H21N3O3. The first-order valence-corrected chi connectivity index (χ1v) is 6.57. The van der Waals surface area contributed by atoms with Gasteiger partial charge in [0, 0.05) is 38.8 Å². The van der Waals surface area contributed by atoms with Crippen molar-refractivity contribution in [3.8, 4) is 0 Å². The number of carboxylic acid groups (broad SMARTS) is 1. The van der Waals surface area contributed by atoms with Crippen LogP contribution in [0.25, 0.3) is 0 Å². The minimum atomic E-state index is -0.881. The maximum atomic E-state index is 11.8. The third-order valence-electron chi connectivity index (χ3n) is 3.65. The zero-order valence-electron chi connectivity index (χ0n) is 10.8. The van der Waals surface area contributed by atoms with Crippen molar-refractivity contribution in [1.29, 1.82) is 0 Å². The molecule has 0 bridgehead atoms. The molecule has 2 fully saturated rings. The van der Waals surface area contributed by atoms with Gasteiger partial charge in [0.05, 0.1) is 5.92 Å². The van der Waals surface area contributed by atoms with Crippen molar-refractivity contribution in [3.05, 3.63) is 0 Å². The Labute approximate surface area is 107 Å². The van der Waals surface area contributed by atoms with E-state index in [1.807, 2.05) is 0 Å². The molecule has 2 N–H and O–H groups in total. The number of nitrogens with zero attached hydrogens (tertiary/aromatic N) is 2. The van der Waals surface area contributed by atoms with Crippen LogP contribution in [0.1, 0.15) is 19.8 Å². The molecule has 0 spiro atoms. The third-order valence-corrected chi connectivity index (χ3v) is 3.65. The van der Waals surface area contributed by atoms with E-state index in [2.05, 4.69) is 10.2 Å². The fourth-order valence-electron chi connectivity index (χ4n) is 2.17. The van der Waals surface area contributed by atoms with E-state index in [0.29, 0.717) is 0 Å². The minimum absolute atomic E-state index is 0.140. The van der Waals surface area contributed by atoms with Gasteiger partial charge in [-0.1, -0.05) is 6.92 Å². The fourth-order valence-corrected chi connectivity index (χ4v) is 2.17. The number of carbonyl (C=O) groups excluding carboxylic acids is 1. The van der Waals surface area contributed by atoms with E-state index in [-0.39, 0.29) is 12.6 Å². The molecule has 0 aromatic carbocycles. The average Bonchev–Trinajstić information content (AvgIpc) is 3.19. The monoisotopic (exact) mass is 255 g/mol. The first-order valence-electron chi connectivity index (χ1n) is 6.57. The summed E-state index contributed by atoms with van der Waals surface area (Å²) in [5.74, 6) is -1.42. The van der Waals surface area contributed by atoms with Crippen LogP contribution < -0.4 is 5.32 Å². The van der Waals surface area contributed by atoms with E-state index in [4.69, 9.17) is 5.11 Å². The zero-order chi connectivity index (χ0) is 13.1. The Hall–Kier alpha value is -1.30. The lowest BCUT2D eigenvalue weighted by Gasteiger charge is -2.34. The highest BCUT2D eigenvalue weighted by atomic mass is 16.4. The van der Waals surface area contributed by atoms with Gasteiger partial charge < -0.3 is 15.3 Å². The van der Waals surface area contributed by atoms with Crippen molar-refractivity contribution < 1.29 is 14.7 Å². The van der Waals surface area contributed by atoms with E-state index in [0.717, 1.165) is 32.2 Å². The summed E-state index contributed by atoms with van der Waals surface area (Å²) in [4.78, 5) is 26.7. The molecule has 0 radical (unpaired) electrons. The Kier molecular flexibility index (Phi) is 4.06. The van der Waals surface area contributed by atoms with Crippen LogP contribution in [0.3, 0.4) is 0 Å². The summed E-state index contributed by atoms with van der Waals surface area (Å²) in [6, 6.07) is 0.612. The highest BCUT2D eigenvalue weighted by Crippen LogP contribution is 2.27. The summed E-state index contributed by atoms with van der Waals surface area (Å²) < 4.78 is 0.